The van der Waals surface area contributed by atoms with Crippen molar-refractivity contribution in [3.8, 4) is 5.75 Å². The maximum absolute atomic E-state index is 13.2. The van der Waals surface area contributed by atoms with E-state index in [-0.39, 0.29) is 22.6 Å². The van der Waals surface area contributed by atoms with Crippen LogP contribution in [0.3, 0.4) is 0 Å². The zero-order valence-corrected chi connectivity index (χ0v) is 16.6. The molecule has 0 unspecified atom stereocenters. The summed E-state index contributed by atoms with van der Waals surface area (Å²) in [5.74, 6) is -0.881. The first-order valence-corrected chi connectivity index (χ1v) is 9.09. The van der Waals surface area contributed by atoms with E-state index in [1.54, 1.807) is 18.2 Å². The van der Waals surface area contributed by atoms with Gasteiger partial charge >= 0.3 is 5.69 Å². The number of hydrogen-bond acceptors (Lipinski definition) is 11. The molecule has 15 heteroatoms. The van der Waals surface area contributed by atoms with Crippen LogP contribution in [-0.2, 0) is 7.05 Å². The van der Waals surface area contributed by atoms with Crippen LogP contribution in [0.5, 0.6) is 5.75 Å². The number of nitrogens with one attached hydrogen (secondary N) is 2. The number of hydrogen-bond donors (Lipinski definition) is 2. The number of H-pyrrole nitrogens is 1. The second-order valence-corrected chi connectivity index (χ2v) is 6.61. The molecule has 2 aromatic heterocycles. The maximum Gasteiger partial charge on any atom is 0.301 e. The number of tetrazole rings is 1. The van der Waals surface area contributed by atoms with Crippen LogP contribution in [0.2, 0.25) is 0 Å². The number of nitro groups is 2. The summed E-state index contributed by atoms with van der Waals surface area (Å²) in [5.41, 5.74) is -0.0200. The highest BCUT2D eigenvalue weighted by molar-refractivity contribution is 6.14. The summed E-state index contributed by atoms with van der Waals surface area (Å²) in [6, 6.07) is 9.29. The zero-order valence-electron chi connectivity index (χ0n) is 16.6. The summed E-state index contributed by atoms with van der Waals surface area (Å²) in [6.07, 6.45) is 0. The number of pyridine rings is 1. The van der Waals surface area contributed by atoms with E-state index in [0.29, 0.717) is 5.52 Å². The number of non-ortho nitro benzene ring substituents is 1. The van der Waals surface area contributed by atoms with Gasteiger partial charge in [-0.2, -0.15) is 10.3 Å². The summed E-state index contributed by atoms with van der Waals surface area (Å²) in [4.78, 5) is 33.7. The Balaban J connectivity index is 1.91. The number of rotatable bonds is 6. The maximum atomic E-state index is 13.2. The number of benzene rings is 2. The lowest BCUT2D eigenvalue weighted by Crippen LogP contribution is -2.28. The van der Waals surface area contributed by atoms with Gasteiger partial charge in [0, 0.05) is 13.1 Å². The van der Waals surface area contributed by atoms with E-state index in [2.05, 4.69) is 31.2 Å². The van der Waals surface area contributed by atoms with Gasteiger partial charge in [-0.05, 0) is 22.7 Å². The number of nitro benzene ring substituents is 2. The van der Waals surface area contributed by atoms with E-state index in [0.717, 1.165) is 18.2 Å². The Kier molecular flexibility index (Phi) is 5.19. The van der Waals surface area contributed by atoms with Gasteiger partial charge in [0.15, 0.2) is 0 Å². The molecule has 4 aromatic rings. The lowest BCUT2D eigenvalue weighted by Gasteiger charge is -2.19. The normalized spacial score (nSPS) is 11.5. The van der Waals surface area contributed by atoms with E-state index in [1.165, 1.54) is 17.7 Å². The molecule has 0 saturated heterocycles. The quantitative estimate of drug-likeness (QED) is 0.240. The van der Waals surface area contributed by atoms with E-state index in [1.807, 2.05) is 0 Å². The third-order valence-corrected chi connectivity index (χ3v) is 4.73. The van der Waals surface area contributed by atoms with Gasteiger partial charge < -0.3 is 9.67 Å². The molecule has 2 heterocycles. The molecule has 4 rings (SSSR count). The Morgan fingerprint density at radius 1 is 1.15 bits per heavy atom. The average molecular weight is 450 g/mol. The van der Waals surface area contributed by atoms with Crippen LogP contribution >= 0.6 is 0 Å². The van der Waals surface area contributed by atoms with Gasteiger partial charge in [0.2, 0.25) is 5.82 Å². The Hall–Kier alpha value is -5.21. The van der Waals surface area contributed by atoms with Crippen molar-refractivity contribution in [3.05, 3.63) is 84.4 Å². The van der Waals surface area contributed by atoms with Crippen molar-refractivity contribution in [3.63, 3.8) is 0 Å². The fourth-order valence-electron chi connectivity index (χ4n) is 3.15. The molecule has 0 fully saturated rings. The van der Waals surface area contributed by atoms with Gasteiger partial charge in [-0.1, -0.05) is 23.9 Å². The van der Waals surface area contributed by atoms with Crippen LogP contribution in [0.4, 0.5) is 17.1 Å². The lowest BCUT2D eigenvalue weighted by molar-refractivity contribution is -0.393. The number of hydrazone groups is 1. The average Bonchev–Trinajstić information content (AvgIpc) is 3.34. The standard InChI is InChI=1S/C18H13N9O6/c1-25-12-5-3-2-4-10(12)16(28)14(18(25)29)15(17-21-23-24-22-17)20-19-11-7-6-9(26(30)31)8-13(11)27(32)33/h2-8,19,28H,1H3,(H,21,22,23,24)/p-1. The number of nitrogens with zero attached hydrogens (tertiary/aromatic N) is 7. The highest BCUT2D eigenvalue weighted by Gasteiger charge is 2.22. The number of para-hydroxylation sites is 1. The largest absolute Gasteiger partial charge is 0.871 e. The van der Waals surface area contributed by atoms with Crippen LogP contribution in [0.1, 0.15) is 11.4 Å². The molecule has 0 saturated carbocycles. The monoisotopic (exact) mass is 450 g/mol. The minimum atomic E-state index is -0.840. The number of anilines is 1. The van der Waals surface area contributed by atoms with Crippen LogP contribution < -0.4 is 16.1 Å². The molecule has 0 radical (unpaired) electrons. The fourth-order valence-corrected chi connectivity index (χ4v) is 3.15. The summed E-state index contributed by atoms with van der Waals surface area (Å²) in [5, 5.41) is 52.8. The van der Waals surface area contributed by atoms with E-state index in [4.69, 9.17) is 0 Å². The molecule has 15 nitrogen and oxygen atoms in total. The summed E-state index contributed by atoms with van der Waals surface area (Å²) in [7, 11) is 1.47. The van der Waals surface area contributed by atoms with Crippen molar-refractivity contribution >= 4 is 33.7 Å². The van der Waals surface area contributed by atoms with Crippen molar-refractivity contribution < 1.29 is 15.0 Å². The molecule has 0 amide bonds. The molecule has 2 aromatic carbocycles. The van der Waals surface area contributed by atoms with E-state index in [9.17, 15) is 30.1 Å². The van der Waals surface area contributed by atoms with Crippen LogP contribution in [0, 0.1) is 20.2 Å². The molecule has 33 heavy (non-hydrogen) atoms. The molecule has 0 aliphatic carbocycles. The minimum Gasteiger partial charge on any atom is -0.871 e. The molecular formula is C18H12N9O6-. The van der Waals surface area contributed by atoms with Crippen molar-refractivity contribution in [2.24, 2.45) is 12.1 Å². The molecule has 166 valence electrons. The van der Waals surface area contributed by atoms with Crippen LogP contribution in [0.25, 0.3) is 10.9 Å². The summed E-state index contributed by atoms with van der Waals surface area (Å²) < 4.78 is 1.25. The molecule has 0 aliphatic rings. The molecule has 0 aliphatic heterocycles. The molecule has 0 bridgehead atoms. The first-order chi connectivity index (χ1) is 15.8. The SMILES string of the molecule is Cn1c(=O)c(C(=NNc2ccc([N+](=O)[O-])cc2[N+](=O)[O-])c2nn[nH]n2)c([O-])c2ccccc21. The van der Waals surface area contributed by atoms with Crippen LogP contribution in [-0.4, -0.2) is 40.7 Å². The summed E-state index contributed by atoms with van der Waals surface area (Å²) in [6.45, 7) is 0. The number of aromatic amines is 1. The van der Waals surface area contributed by atoms with Gasteiger partial charge in [-0.25, -0.2) is 0 Å². The van der Waals surface area contributed by atoms with Crippen LogP contribution in [0.15, 0.2) is 52.4 Å². The molecule has 0 atom stereocenters. The second-order valence-electron chi connectivity index (χ2n) is 6.61. The van der Waals surface area contributed by atoms with E-state index >= 15 is 0 Å². The van der Waals surface area contributed by atoms with Crippen molar-refractivity contribution in [1.82, 2.24) is 25.2 Å². The first kappa shape index (κ1) is 21.0. The van der Waals surface area contributed by atoms with Gasteiger partial charge in [0.25, 0.3) is 11.2 Å². The third kappa shape index (κ3) is 3.69. The zero-order chi connectivity index (χ0) is 23.7. The van der Waals surface area contributed by atoms with Gasteiger partial charge in [-0.3, -0.25) is 30.4 Å². The predicted octanol–water partition coefficient (Wildman–Crippen LogP) is 0.806. The van der Waals surface area contributed by atoms with Gasteiger partial charge in [0.05, 0.1) is 27.0 Å². The topological polar surface area (TPSA) is 210 Å². The Labute approximate surface area is 182 Å². The second kappa shape index (κ2) is 8.14. The Morgan fingerprint density at radius 3 is 2.58 bits per heavy atom. The Bertz CT molecular complexity index is 1490. The highest BCUT2D eigenvalue weighted by Crippen LogP contribution is 2.30. The van der Waals surface area contributed by atoms with Gasteiger partial charge in [-0.15, -0.1) is 10.2 Å². The lowest BCUT2D eigenvalue weighted by atomic mass is 10.1. The highest BCUT2D eigenvalue weighted by atomic mass is 16.6. The predicted molar refractivity (Wildman–Crippen MR) is 112 cm³/mol. The number of aryl methyl sites for hydroxylation is 1. The number of fused-ring (bicyclic) bond motifs is 1. The van der Waals surface area contributed by atoms with Crippen molar-refractivity contribution in [1.29, 1.82) is 0 Å². The first-order valence-electron chi connectivity index (χ1n) is 9.09. The Morgan fingerprint density at radius 2 is 1.91 bits per heavy atom. The van der Waals surface area contributed by atoms with E-state index < -0.39 is 38.1 Å². The third-order valence-electron chi connectivity index (χ3n) is 4.73. The van der Waals surface area contributed by atoms with Crippen molar-refractivity contribution in [2.75, 3.05) is 5.43 Å². The van der Waals surface area contributed by atoms with Gasteiger partial charge in [0.1, 0.15) is 11.4 Å². The molecular weight excluding hydrogens is 438 g/mol. The number of aromatic nitrogens is 5. The van der Waals surface area contributed by atoms with Crippen molar-refractivity contribution in [2.45, 2.75) is 0 Å². The minimum absolute atomic E-state index is 0.225. The smallest absolute Gasteiger partial charge is 0.301 e. The fraction of sp³-hybridized carbons (Fsp3) is 0.0556. The summed E-state index contributed by atoms with van der Waals surface area (Å²) >= 11 is 0. The molecule has 2 N–H and O–H groups in total. The molecule has 0 spiro atoms.